The summed E-state index contributed by atoms with van der Waals surface area (Å²) in [5.74, 6) is 1.59. The van der Waals surface area contributed by atoms with Crippen LogP contribution in [0.5, 0.6) is 11.5 Å². The zero-order chi connectivity index (χ0) is 19.8. The van der Waals surface area contributed by atoms with Gasteiger partial charge in [-0.3, -0.25) is 14.2 Å². The first-order valence-electron chi connectivity index (χ1n) is 9.09. The third kappa shape index (κ3) is 3.21. The van der Waals surface area contributed by atoms with Gasteiger partial charge in [-0.1, -0.05) is 19.9 Å². The SMILES string of the molecule is Cc1oc2ncn(CC(C)C)c(=O)c2c1C(=O)NCc1ccc2c(c1)OCO2. The van der Waals surface area contributed by atoms with Crippen LogP contribution in [0.25, 0.3) is 11.1 Å². The molecule has 3 aromatic rings. The molecule has 0 aliphatic carbocycles. The number of carbonyl (C=O) groups is 1. The lowest BCUT2D eigenvalue weighted by atomic mass is 10.1. The number of furan rings is 1. The van der Waals surface area contributed by atoms with Crippen molar-refractivity contribution in [1.29, 1.82) is 0 Å². The van der Waals surface area contributed by atoms with Crippen LogP contribution in [0.4, 0.5) is 0 Å². The zero-order valence-corrected chi connectivity index (χ0v) is 15.9. The lowest BCUT2D eigenvalue weighted by Crippen LogP contribution is -2.27. The first kappa shape index (κ1) is 18.1. The maximum absolute atomic E-state index is 12.9. The monoisotopic (exact) mass is 383 g/mol. The highest BCUT2D eigenvalue weighted by Gasteiger charge is 2.23. The molecule has 0 saturated heterocycles. The Morgan fingerprint density at radius 1 is 1.29 bits per heavy atom. The van der Waals surface area contributed by atoms with Gasteiger partial charge in [-0.25, -0.2) is 4.98 Å². The molecule has 146 valence electrons. The van der Waals surface area contributed by atoms with Gasteiger partial charge in [0, 0.05) is 13.1 Å². The average molecular weight is 383 g/mol. The summed E-state index contributed by atoms with van der Waals surface area (Å²) in [6, 6.07) is 5.47. The number of nitrogens with one attached hydrogen (secondary N) is 1. The third-order valence-corrected chi connectivity index (χ3v) is 4.53. The normalized spacial score (nSPS) is 12.7. The van der Waals surface area contributed by atoms with Gasteiger partial charge in [0.15, 0.2) is 11.5 Å². The molecule has 1 amide bonds. The van der Waals surface area contributed by atoms with E-state index >= 15 is 0 Å². The van der Waals surface area contributed by atoms with Crippen LogP contribution in [0.1, 0.15) is 35.5 Å². The molecule has 8 nitrogen and oxygen atoms in total. The largest absolute Gasteiger partial charge is 0.454 e. The molecule has 3 heterocycles. The van der Waals surface area contributed by atoms with E-state index in [4.69, 9.17) is 13.9 Å². The van der Waals surface area contributed by atoms with E-state index in [-0.39, 0.29) is 47.4 Å². The molecule has 1 N–H and O–H groups in total. The van der Waals surface area contributed by atoms with E-state index in [0.717, 1.165) is 5.56 Å². The summed E-state index contributed by atoms with van der Waals surface area (Å²) in [5.41, 5.74) is 0.990. The second-order valence-corrected chi connectivity index (χ2v) is 7.18. The number of nitrogens with zero attached hydrogens (tertiary/aromatic N) is 2. The quantitative estimate of drug-likeness (QED) is 0.728. The van der Waals surface area contributed by atoms with E-state index in [1.807, 2.05) is 26.0 Å². The first-order chi connectivity index (χ1) is 13.4. The van der Waals surface area contributed by atoms with Crippen molar-refractivity contribution in [3.8, 4) is 11.5 Å². The van der Waals surface area contributed by atoms with Gasteiger partial charge in [0.1, 0.15) is 17.5 Å². The Hall–Kier alpha value is -3.29. The molecular formula is C20H21N3O5. The zero-order valence-electron chi connectivity index (χ0n) is 15.9. The van der Waals surface area contributed by atoms with Gasteiger partial charge in [-0.2, -0.15) is 0 Å². The summed E-state index contributed by atoms with van der Waals surface area (Å²) in [7, 11) is 0. The molecule has 0 radical (unpaired) electrons. The molecule has 0 unspecified atom stereocenters. The van der Waals surface area contributed by atoms with E-state index in [0.29, 0.717) is 23.8 Å². The standard InChI is InChI=1S/C20H21N3O5/c1-11(2)8-23-9-22-19-17(20(23)25)16(12(3)28-19)18(24)21-7-13-4-5-14-15(6-13)27-10-26-14/h4-6,9,11H,7-8,10H2,1-3H3,(H,21,24). The fourth-order valence-electron chi connectivity index (χ4n) is 3.26. The van der Waals surface area contributed by atoms with Gasteiger partial charge < -0.3 is 19.2 Å². The molecule has 0 fully saturated rings. The van der Waals surface area contributed by atoms with Crippen LogP contribution in [0.15, 0.2) is 33.7 Å². The summed E-state index contributed by atoms with van der Waals surface area (Å²) in [6.07, 6.45) is 1.46. The van der Waals surface area contributed by atoms with E-state index in [1.54, 1.807) is 13.0 Å². The highest BCUT2D eigenvalue weighted by Crippen LogP contribution is 2.32. The van der Waals surface area contributed by atoms with Gasteiger partial charge in [0.2, 0.25) is 12.5 Å². The van der Waals surface area contributed by atoms with Crippen LogP contribution in [0, 0.1) is 12.8 Å². The van der Waals surface area contributed by atoms with E-state index in [9.17, 15) is 9.59 Å². The summed E-state index contributed by atoms with van der Waals surface area (Å²) < 4.78 is 17.7. The highest BCUT2D eigenvalue weighted by molar-refractivity contribution is 6.06. The number of rotatable bonds is 5. The van der Waals surface area contributed by atoms with Gasteiger partial charge in [0.05, 0.1) is 5.56 Å². The minimum Gasteiger partial charge on any atom is -0.454 e. The van der Waals surface area contributed by atoms with Crippen molar-refractivity contribution in [3.05, 3.63) is 51.8 Å². The number of aryl methyl sites for hydroxylation is 1. The second-order valence-electron chi connectivity index (χ2n) is 7.18. The second kappa shape index (κ2) is 7.03. The van der Waals surface area contributed by atoms with E-state index in [1.165, 1.54) is 10.9 Å². The highest BCUT2D eigenvalue weighted by atomic mass is 16.7. The number of ether oxygens (including phenoxy) is 2. The number of amides is 1. The average Bonchev–Trinajstić information content (AvgIpc) is 3.25. The fourth-order valence-corrected chi connectivity index (χ4v) is 3.26. The molecule has 8 heteroatoms. The van der Waals surface area contributed by atoms with Crippen LogP contribution in [-0.2, 0) is 13.1 Å². The van der Waals surface area contributed by atoms with Crippen molar-refractivity contribution in [2.75, 3.05) is 6.79 Å². The van der Waals surface area contributed by atoms with E-state index < -0.39 is 0 Å². The summed E-state index contributed by atoms with van der Waals surface area (Å²) in [5, 5.41) is 3.05. The summed E-state index contributed by atoms with van der Waals surface area (Å²) >= 11 is 0. The molecule has 4 rings (SSSR count). The van der Waals surface area contributed by atoms with Crippen molar-refractivity contribution in [2.24, 2.45) is 5.92 Å². The number of carbonyl (C=O) groups excluding carboxylic acids is 1. The van der Waals surface area contributed by atoms with Crippen molar-refractivity contribution in [2.45, 2.75) is 33.9 Å². The molecule has 2 aromatic heterocycles. The number of benzene rings is 1. The van der Waals surface area contributed by atoms with Gasteiger partial charge in [-0.15, -0.1) is 0 Å². The van der Waals surface area contributed by atoms with Crippen molar-refractivity contribution >= 4 is 17.0 Å². The molecule has 1 aliphatic rings. The van der Waals surface area contributed by atoms with Gasteiger partial charge in [0.25, 0.3) is 11.5 Å². The van der Waals surface area contributed by atoms with Crippen LogP contribution in [-0.4, -0.2) is 22.3 Å². The Kier molecular flexibility index (Phi) is 4.54. The third-order valence-electron chi connectivity index (χ3n) is 4.53. The minimum absolute atomic E-state index is 0.177. The van der Waals surface area contributed by atoms with Gasteiger partial charge >= 0.3 is 0 Å². The van der Waals surface area contributed by atoms with E-state index in [2.05, 4.69) is 10.3 Å². The topological polar surface area (TPSA) is 95.6 Å². The molecule has 0 spiro atoms. The lowest BCUT2D eigenvalue weighted by Gasteiger charge is -2.08. The number of aromatic nitrogens is 2. The number of fused-ring (bicyclic) bond motifs is 2. The molecule has 28 heavy (non-hydrogen) atoms. The van der Waals surface area contributed by atoms with Crippen molar-refractivity contribution in [1.82, 2.24) is 14.9 Å². The molecule has 1 aliphatic heterocycles. The molecule has 0 atom stereocenters. The maximum atomic E-state index is 12.9. The van der Waals surface area contributed by atoms with Crippen LogP contribution in [0.3, 0.4) is 0 Å². The van der Waals surface area contributed by atoms with Crippen LogP contribution < -0.4 is 20.3 Å². The lowest BCUT2D eigenvalue weighted by molar-refractivity contribution is 0.0950. The first-order valence-corrected chi connectivity index (χ1v) is 9.09. The maximum Gasteiger partial charge on any atom is 0.265 e. The Morgan fingerprint density at radius 2 is 2.07 bits per heavy atom. The predicted molar refractivity (Wildman–Crippen MR) is 102 cm³/mol. The fraction of sp³-hybridized carbons (Fsp3) is 0.350. The smallest absolute Gasteiger partial charge is 0.265 e. The van der Waals surface area contributed by atoms with Crippen molar-refractivity contribution < 1.29 is 18.7 Å². The number of hydrogen-bond donors (Lipinski definition) is 1. The summed E-state index contributed by atoms with van der Waals surface area (Å²) in [4.78, 5) is 29.9. The Morgan fingerprint density at radius 3 is 2.86 bits per heavy atom. The number of hydrogen-bond acceptors (Lipinski definition) is 6. The Bertz CT molecular complexity index is 1110. The minimum atomic E-state index is -0.380. The molecule has 1 aromatic carbocycles. The summed E-state index contributed by atoms with van der Waals surface area (Å²) in [6.45, 7) is 6.67. The Labute approximate surface area is 161 Å². The molecule has 0 bridgehead atoms. The van der Waals surface area contributed by atoms with Crippen molar-refractivity contribution in [3.63, 3.8) is 0 Å². The predicted octanol–water partition coefficient (Wildman–Crippen LogP) is 2.61. The molecular weight excluding hydrogens is 362 g/mol. The van der Waals surface area contributed by atoms with Crippen LogP contribution in [0.2, 0.25) is 0 Å². The molecule has 0 saturated carbocycles. The van der Waals surface area contributed by atoms with Crippen LogP contribution >= 0.6 is 0 Å². The Balaban J connectivity index is 1.61. The van der Waals surface area contributed by atoms with Gasteiger partial charge in [-0.05, 0) is 30.5 Å².